The standard InChI is InChI=1S/C16H17N3OS/c17-12-6-7-15-14(10-12)19(8-9-21-15)11-16(20)18-13-4-2-1-3-5-13/h1-7,10H,8-9,11,17H2,(H,18,20). The molecule has 21 heavy (non-hydrogen) atoms. The Balaban J connectivity index is 1.71. The summed E-state index contributed by atoms with van der Waals surface area (Å²) in [6.07, 6.45) is 0. The van der Waals surface area contributed by atoms with Gasteiger partial charge in [-0.25, -0.2) is 0 Å². The molecule has 0 aliphatic carbocycles. The predicted octanol–water partition coefficient (Wildman–Crippen LogP) is 2.82. The lowest BCUT2D eigenvalue weighted by Gasteiger charge is -2.30. The Morgan fingerprint density at radius 3 is 2.86 bits per heavy atom. The number of carbonyl (C=O) groups is 1. The van der Waals surface area contributed by atoms with Crippen molar-refractivity contribution in [3.8, 4) is 0 Å². The van der Waals surface area contributed by atoms with Crippen molar-refractivity contribution in [3.05, 3.63) is 48.5 Å². The number of para-hydroxylation sites is 1. The van der Waals surface area contributed by atoms with Crippen molar-refractivity contribution in [2.45, 2.75) is 4.90 Å². The highest BCUT2D eigenvalue weighted by molar-refractivity contribution is 7.99. The van der Waals surface area contributed by atoms with E-state index in [1.54, 1.807) is 11.8 Å². The van der Waals surface area contributed by atoms with E-state index in [0.29, 0.717) is 6.54 Å². The number of nitrogens with one attached hydrogen (secondary N) is 1. The molecule has 0 saturated heterocycles. The monoisotopic (exact) mass is 299 g/mol. The van der Waals surface area contributed by atoms with Gasteiger partial charge in [-0.2, -0.15) is 0 Å². The zero-order chi connectivity index (χ0) is 14.7. The van der Waals surface area contributed by atoms with Crippen molar-refractivity contribution in [1.82, 2.24) is 0 Å². The molecule has 2 aromatic rings. The van der Waals surface area contributed by atoms with Gasteiger partial charge in [0.05, 0.1) is 12.2 Å². The molecule has 5 heteroatoms. The first kappa shape index (κ1) is 13.8. The number of carbonyl (C=O) groups excluding carboxylic acids is 1. The highest BCUT2D eigenvalue weighted by Crippen LogP contribution is 2.35. The molecule has 4 nitrogen and oxygen atoms in total. The average molecular weight is 299 g/mol. The molecule has 0 radical (unpaired) electrons. The highest BCUT2D eigenvalue weighted by Gasteiger charge is 2.19. The summed E-state index contributed by atoms with van der Waals surface area (Å²) in [5, 5.41) is 2.92. The van der Waals surface area contributed by atoms with Crippen LogP contribution in [0, 0.1) is 0 Å². The molecule has 0 atom stereocenters. The number of nitrogen functional groups attached to an aromatic ring is 1. The fourth-order valence-electron chi connectivity index (χ4n) is 2.35. The quantitative estimate of drug-likeness (QED) is 0.856. The third-order valence-corrected chi connectivity index (χ3v) is 4.38. The van der Waals surface area contributed by atoms with Gasteiger partial charge in [-0.1, -0.05) is 18.2 Å². The second-order valence-electron chi connectivity index (χ2n) is 4.91. The number of nitrogens with zero attached hydrogens (tertiary/aromatic N) is 1. The Bertz CT molecular complexity index is 645. The lowest BCUT2D eigenvalue weighted by atomic mass is 10.2. The van der Waals surface area contributed by atoms with E-state index in [2.05, 4.69) is 10.2 Å². The van der Waals surface area contributed by atoms with Gasteiger partial charge in [0.1, 0.15) is 0 Å². The number of hydrogen-bond donors (Lipinski definition) is 2. The van der Waals surface area contributed by atoms with Crippen molar-refractivity contribution in [3.63, 3.8) is 0 Å². The molecule has 1 aliphatic rings. The molecule has 2 aromatic carbocycles. The van der Waals surface area contributed by atoms with Gasteiger partial charge in [-0.05, 0) is 30.3 Å². The van der Waals surface area contributed by atoms with Crippen LogP contribution in [0.3, 0.4) is 0 Å². The molecular formula is C16H17N3OS. The molecule has 0 bridgehead atoms. The summed E-state index contributed by atoms with van der Waals surface area (Å²) < 4.78 is 0. The second kappa shape index (κ2) is 6.10. The van der Waals surface area contributed by atoms with E-state index in [1.807, 2.05) is 48.5 Å². The first-order valence-electron chi connectivity index (χ1n) is 6.84. The minimum Gasteiger partial charge on any atom is -0.399 e. The van der Waals surface area contributed by atoms with E-state index in [4.69, 9.17) is 5.73 Å². The van der Waals surface area contributed by atoms with Crippen LogP contribution < -0.4 is 16.0 Å². The van der Waals surface area contributed by atoms with Crippen LogP contribution in [0.5, 0.6) is 0 Å². The molecule has 0 saturated carbocycles. The maximum absolute atomic E-state index is 12.2. The summed E-state index contributed by atoms with van der Waals surface area (Å²) in [7, 11) is 0. The highest BCUT2D eigenvalue weighted by atomic mass is 32.2. The fraction of sp³-hybridized carbons (Fsp3) is 0.188. The summed E-state index contributed by atoms with van der Waals surface area (Å²) in [6.45, 7) is 1.19. The number of rotatable bonds is 3. The first-order chi connectivity index (χ1) is 10.2. The van der Waals surface area contributed by atoms with Crippen LogP contribution in [-0.2, 0) is 4.79 Å². The van der Waals surface area contributed by atoms with Crippen molar-refractivity contribution < 1.29 is 4.79 Å². The molecule has 0 unspecified atom stereocenters. The van der Waals surface area contributed by atoms with E-state index in [0.717, 1.165) is 29.4 Å². The summed E-state index contributed by atoms with van der Waals surface area (Å²) in [4.78, 5) is 15.5. The molecular weight excluding hydrogens is 282 g/mol. The minimum atomic E-state index is -0.0125. The number of amides is 1. The van der Waals surface area contributed by atoms with Gasteiger partial charge >= 0.3 is 0 Å². The van der Waals surface area contributed by atoms with Gasteiger partial charge in [0.25, 0.3) is 0 Å². The van der Waals surface area contributed by atoms with Gasteiger partial charge in [-0.15, -0.1) is 11.8 Å². The molecule has 108 valence electrons. The van der Waals surface area contributed by atoms with E-state index in [9.17, 15) is 4.79 Å². The van der Waals surface area contributed by atoms with Gasteiger partial charge < -0.3 is 16.0 Å². The topological polar surface area (TPSA) is 58.4 Å². The largest absolute Gasteiger partial charge is 0.399 e. The lowest BCUT2D eigenvalue weighted by Crippen LogP contribution is -2.36. The first-order valence-corrected chi connectivity index (χ1v) is 7.83. The molecule has 0 aromatic heterocycles. The SMILES string of the molecule is Nc1ccc2c(c1)N(CC(=O)Nc1ccccc1)CCS2. The van der Waals surface area contributed by atoms with E-state index >= 15 is 0 Å². The predicted molar refractivity (Wildman–Crippen MR) is 88.9 cm³/mol. The Hall–Kier alpha value is -2.14. The van der Waals surface area contributed by atoms with E-state index in [-0.39, 0.29) is 5.91 Å². The Morgan fingerprint density at radius 2 is 2.05 bits per heavy atom. The Kier molecular flexibility index (Phi) is 4.01. The Morgan fingerprint density at radius 1 is 1.24 bits per heavy atom. The molecule has 3 N–H and O–H groups in total. The van der Waals surface area contributed by atoms with Crippen LogP contribution in [0.15, 0.2) is 53.4 Å². The summed E-state index contributed by atoms with van der Waals surface area (Å²) in [5.74, 6) is 0.969. The fourth-order valence-corrected chi connectivity index (χ4v) is 3.38. The summed E-state index contributed by atoms with van der Waals surface area (Å²) in [5.41, 5.74) is 8.46. The van der Waals surface area contributed by atoms with Crippen LogP contribution in [0.4, 0.5) is 17.1 Å². The number of thioether (sulfide) groups is 1. The van der Waals surface area contributed by atoms with Gasteiger partial charge in [0.15, 0.2) is 0 Å². The number of anilines is 3. The van der Waals surface area contributed by atoms with Crippen LogP contribution in [0.2, 0.25) is 0 Å². The number of nitrogens with two attached hydrogens (primary N) is 1. The molecule has 1 aliphatic heterocycles. The van der Waals surface area contributed by atoms with Gasteiger partial charge in [-0.3, -0.25) is 4.79 Å². The molecule has 3 rings (SSSR count). The molecule has 0 fully saturated rings. The molecule has 1 heterocycles. The maximum atomic E-state index is 12.2. The normalized spacial score (nSPS) is 13.6. The molecule has 1 amide bonds. The molecule has 0 spiro atoms. The lowest BCUT2D eigenvalue weighted by molar-refractivity contribution is -0.115. The third kappa shape index (κ3) is 3.31. The van der Waals surface area contributed by atoms with E-state index in [1.165, 1.54) is 4.90 Å². The van der Waals surface area contributed by atoms with Crippen LogP contribution in [0.25, 0.3) is 0 Å². The van der Waals surface area contributed by atoms with E-state index < -0.39 is 0 Å². The number of hydrogen-bond acceptors (Lipinski definition) is 4. The van der Waals surface area contributed by atoms with Gasteiger partial charge in [0.2, 0.25) is 5.91 Å². The van der Waals surface area contributed by atoms with Crippen molar-refractivity contribution in [2.24, 2.45) is 0 Å². The zero-order valence-corrected chi connectivity index (χ0v) is 12.4. The summed E-state index contributed by atoms with van der Waals surface area (Å²) >= 11 is 1.80. The van der Waals surface area contributed by atoms with Crippen LogP contribution in [-0.4, -0.2) is 24.7 Å². The number of fused-ring (bicyclic) bond motifs is 1. The maximum Gasteiger partial charge on any atom is 0.243 e. The van der Waals surface area contributed by atoms with Crippen molar-refractivity contribution in [1.29, 1.82) is 0 Å². The zero-order valence-electron chi connectivity index (χ0n) is 11.6. The second-order valence-corrected chi connectivity index (χ2v) is 6.05. The van der Waals surface area contributed by atoms with Gasteiger partial charge in [0, 0.05) is 28.6 Å². The Labute approximate surface area is 128 Å². The van der Waals surface area contributed by atoms with Crippen LogP contribution >= 0.6 is 11.8 Å². The van der Waals surface area contributed by atoms with Crippen molar-refractivity contribution >= 4 is 34.7 Å². The average Bonchev–Trinajstić information content (AvgIpc) is 2.49. The summed E-state index contributed by atoms with van der Waals surface area (Å²) in [6, 6.07) is 15.4. The smallest absolute Gasteiger partial charge is 0.243 e. The third-order valence-electron chi connectivity index (χ3n) is 3.33. The minimum absolute atomic E-state index is 0.0125. The van der Waals surface area contributed by atoms with Crippen molar-refractivity contribution in [2.75, 3.05) is 34.8 Å². The van der Waals surface area contributed by atoms with Crippen LogP contribution in [0.1, 0.15) is 0 Å². The number of benzene rings is 2.